The molecule has 0 aliphatic heterocycles. The van der Waals surface area contributed by atoms with E-state index in [1.54, 1.807) is 0 Å². The first kappa shape index (κ1) is 7.56. The van der Waals surface area contributed by atoms with Crippen LogP contribution in [0.15, 0.2) is 30.3 Å². The summed E-state index contributed by atoms with van der Waals surface area (Å²) in [4.78, 5) is 4.20. The molecule has 0 unspecified atom stereocenters. The Morgan fingerprint density at radius 3 is 2.83 bits per heavy atom. The van der Waals surface area contributed by atoms with Gasteiger partial charge in [0.05, 0.1) is 5.52 Å². The van der Waals surface area contributed by atoms with E-state index in [1.165, 1.54) is 10.9 Å². The standard InChI is InChI=1S/C10H8ClN/c1-7-3-2-4-9-8(7)5-6-10(11)12-9/h2-6H,1H3. The molecular weight excluding hydrogens is 170 g/mol. The van der Waals surface area contributed by atoms with Crippen molar-refractivity contribution in [3.8, 4) is 0 Å². The van der Waals surface area contributed by atoms with Crippen LogP contribution >= 0.6 is 11.6 Å². The Morgan fingerprint density at radius 2 is 2.00 bits per heavy atom. The Kier molecular flexibility index (Phi) is 1.74. The van der Waals surface area contributed by atoms with Crippen LogP contribution in [0.4, 0.5) is 0 Å². The van der Waals surface area contributed by atoms with Crippen molar-refractivity contribution < 1.29 is 0 Å². The van der Waals surface area contributed by atoms with Gasteiger partial charge in [-0.25, -0.2) is 4.98 Å². The minimum atomic E-state index is 0.549. The second-order valence-electron chi connectivity index (χ2n) is 2.78. The second kappa shape index (κ2) is 2.76. The van der Waals surface area contributed by atoms with Gasteiger partial charge in [0.1, 0.15) is 5.15 Å². The molecular formula is C10H8ClN. The fourth-order valence-corrected chi connectivity index (χ4v) is 1.44. The van der Waals surface area contributed by atoms with Gasteiger partial charge >= 0.3 is 0 Å². The molecule has 1 heterocycles. The van der Waals surface area contributed by atoms with Gasteiger partial charge in [-0.05, 0) is 30.7 Å². The lowest BCUT2D eigenvalue weighted by molar-refractivity contribution is 1.39. The minimum Gasteiger partial charge on any atom is -0.236 e. The van der Waals surface area contributed by atoms with Gasteiger partial charge in [0.2, 0.25) is 0 Å². The van der Waals surface area contributed by atoms with Crippen LogP contribution in [-0.4, -0.2) is 4.98 Å². The summed E-state index contributed by atoms with van der Waals surface area (Å²) >= 11 is 5.76. The summed E-state index contributed by atoms with van der Waals surface area (Å²) < 4.78 is 0. The van der Waals surface area contributed by atoms with E-state index in [0.717, 1.165) is 5.52 Å². The Hall–Kier alpha value is -1.08. The normalized spacial score (nSPS) is 10.5. The second-order valence-corrected chi connectivity index (χ2v) is 3.16. The SMILES string of the molecule is Cc1cccc2nc(Cl)ccc12. The zero-order chi connectivity index (χ0) is 8.55. The average Bonchev–Trinajstić information content (AvgIpc) is 2.04. The zero-order valence-corrected chi connectivity index (χ0v) is 7.47. The highest BCUT2D eigenvalue weighted by molar-refractivity contribution is 6.29. The van der Waals surface area contributed by atoms with Gasteiger partial charge in [0.15, 0.2) is 0 Å². The molecule has 0 amide bonds. The molecule has 0 saturated heterocycles. The summed E-state index contributed by atoms with van der Waals surface area (Å²) in [7, 11) is 0. The number of benzene rings is 1. The molecule has 0 aliphatic rings. The monoisotopic (exact) mass is 177 g/mol. The Labute approximate surface area is 76.0 Å². The highest BCUT2D eigenvalue weighted by Crippen LogP contribution is 2.18. The lowest BCUT2D eigenvalue weighted by Gasteiger charge is -1.99. The van der Waals surface area contributed by atoms with Crippen molar-refractivity contribution in [2.45, 2.75) is 6.92 Å². The Bertz CT molecular complexity index is 423. The van der Waals surface area contributed by atoms with Crippen LogP contribution in [0.5, 0.6) is 0 Å². The third-order valence-electron chi connectivity index (χ3n) is 1.92. The van der Waals surface area contributed by atoms with E-state index in [1.807, 2.05) is 24.3 Å². The van der Waals surface area contributed by atoms with E-state index in [0.29, 0.717) is 5.15 Å². The summed E-state index contributed by atoms with van der Waals surface area (Å²) in [5, 5.41) is 1.72. The third kappa shape index (κ3) is 1.16. The van der Waals surface area contributed by atoms with E-state index in [9.17, 15) is 0 Å². The van der Waals surface area contributed by atoms with E-state index >= 15 is 0 Å². The van der Waals surface area contributed by atoms with Crippen LogP contribution in [0.2, 0.25) is 5.15 Å². The summed E-state index contributed by atoms with van der Waals surface area (Å²) in [5.41, 5.74) is 2.19. The van der Waals surface area contributed by atoms with Crippen LogP contribution in [0.1, 0.15) is 5.56 Å². The molecule has 2 aromatic rings. The predicted molar refractivity (Wildman–Crippen MR) is 51.5 cm³/mol. The average molecular weight is 178 g/mol. The maximum absolute atomic E-state index is 5.76. The fraction of sp³-hybridized carbons (Fsp3) is 0.100. The van der Waals surface area contributed by atoms with Gasteiger partial charge in [0.25, 0.3) is 0 Å². The lowest BCUT2D eigenvalue weighted by Crippen LogP contribution is -1.81. The molecule has 0 saturated carbocycles. The fourth-order valence-electron chi connectivity index (χ4n) is 1.28. The number of aromatic nitrogens is 1. The molecule has 0 bridgehead atoms. The van der Waals surface area contributed by atoms with Crippen LogP contribution in [0, 0.1) is 6.92 Å². The maximum atomic E-state index is 5.76. The number of nitrogens with zero attached hydrogens (tertiary/aromatic N) is 1. The van der Waals surface area contributed by atoms with Crippen molar-refractivity contribution in [2.24, 2.45) is 0 Å². The van der Waals surface area contributed by atoms with Crippen LogP contribution < -0.4 is 0 Å². The topological polar surface area (TPSA) is 12.9 Å². The number of fused-ring (bicyclic) bond motifs is 1. The van der Waals surface area contributed by atoms with Crippen molar-refractivity contribution in [1.29, 1.82) is 0 Å². The summed E-state index contributed by atoms with van der Waals surface area (Å²) in [6.07, 6.45) is 0. The minimum absolute atomic E-state index is 0.549. The molecule has 2 rings (SSSR count). The number of hydrogen-bond donors (Lipinski definition) is 0. The van der Waals surface area contributed by atoms with Gasteiger partial charge in [0, 0.05) is 5.39 Å². The first-order chi connectivity index (χ1) is 5.77. The van der Waals surface area contributed by atoms with Crippen molar-refractivity contribution >= 4 is 22.5 Å². The Balaban J connectivity index is 2.86. The van der Waals surface area contributed by atoms with Crippen molar-refractivity contribution in [2.75, 3.05) is 0 Å². The molecule has 0 spiro atoms. The van der Waals surface area contributed by atoms with Crippen molar-refractivity contribution in [3.05, 3.63) is 41.0 Å². The third-order valence-corrected chi connectivity index (χ3v) is 2.13. The van der Waals surface area contributed by atoms with Gasteiger partial charge < -0.3 is 0 Å². The van der Waals surface area contributed by atoms with Crippen molar-refractivity contribution in [3.63, 3.8) is 0 Å². The first-order valence-corrected chi connectivity index (χ1v) is 4.17. The molecule has 2 heteroatoms. The van der Waals surface area contributed by atoms with Crippen LogP contribution in [0.25, 0.3) is 10.9 Å². The molecule has 1 aromatic carbocycles. The molecule has 12 heavy (non-hydrogen) atoms. The van der Waals surface area contributed by atoms with E-state index in [2.05, 4.69) is 18.0 Å². The number of aryl methyl sites for hydroxylation is 1. The maximum Gasteiger partial charge on any atom is 0.129 e. The van der Waals surface area contributed by atoms with E-state index in [4.69, 9.17) is 11.6 Å². The van der Waals surface area contributed by atoms with Gasteiger partial charge in [-0.15, -0.1) is 0 Å². The van der Waals surface area contributed by atoms with Gasteiger partial charge in [-0.3, -0.25) is 0 Å². The number of hydrogen-bond acceptors (Lipinski definition) is 1. The molecule has 0 atom stereocenters. The predicted octanol–water partition coefficient (Wildman–Crippen LogP) is 3.20. The highest BCUT2D eigenvalue weighted by atomic mass is 35.5. The largest absolute Gasteiger partial charge is 0.236 e. The number of pyridine rings is 1. The first-order valence-electron chi connectivity index (χ1n) is 3.79. The van der Waals surface area contributed by atoms with Crippen molar-refractivity contribution in [1.82, 2.24) is 4.98 Å². The molecule has 1 nitrogen and oxygen atoms in total. The molecule has 0 fully saturated rings. The molecule has 0 radical (unpaired) electrons. The van der Waals surface area contributed by atoms with E-state index in [-0.39, 0.29) is 0 Å². The molecule has 60 valence electrons. The number of halogens is 1. The molecule has 0 N–H and O–H groups in total. The summed E-state index contributed by atoms with van der Waals surface area (Å²) in [5.74, 6) is 0. The zero-order valence-electron chi connectivity index (χ0n) is 6.71. The molecule has 0 aliphatic carbocycles. The van der Waals surface area contributed by atoms with Gasteiger partial charge in [-0.2, -0.15) is 0 Å². The summed E-state index contributed by atoms with van der Waals surface area (Å²) in [6, 6.07) is 9.84. The highest BCUT2D eigenvalue weighted by Gasteiger charge is 1.97. The van der Waals surface area contributed by atoms with Crippen LogP contribution in [0.3, 0.4) is 0 Å². The number of rotatable bonds is 0. The van der Waals surface area contributed by atoms with Gasteiger partial charge in [-0.1, -0.05) is 23.7 Å². The lowest BCUT2D eigenvalue weighted by atomic mass is 10.1. The van der Waals surface area contributed by atoms with E-state index < -0.39 is 0 Å². The van der Waals surface area contributed by atoms with Crippen LogP contribution in [-0.2, 0) is 0 Å². The quantitative estimate of drug-likeness (QED) is 0.564. The smallest absolute Gasteiger partial charge is 0.129 e. The Morgan fingerprint density at radius 1 is 1.17 bits per heavy atom. The summed E-state index contributed by atoms with van der Waals surface area (Å²) in [6.45, 7) is 2.07. The molecule has 1 aromatic heterocycles.